The minimum absolute atomic E-state index is 0.0822. The monoisotopic (exact) mass is 374 g/mol. The molecule has 0 aliphatic heterocycles. The Morgan fingerprint density at radius 3 is 2.96 bits per heavy atom. The van der Waals surface area contributed by atoms with Gasteiger partial charge in [0, 0.05) is 12.1 Å². The fraction of sp³-hybridized carbons (Fsp3) is 0.467. The Morgan fingerprint density at radius 1 is 1.48 bits per heavy atom. The normalized spacial score (nSPS) is 22.5. The van der Waals surface area contributed by atoms with Crippen LogP contribution in [0.25, 0.3) is 0 Å². The zero-order chi connectivity index (χ0) is 16.0. The van der Waals surface area contributed by atoms with Gasteiger partial charge < -0.3 is 10.1 Å². The number of rotatable bonds is 5. The first kappa shape index (κ1) is 14.5. The van der Waals surface area contributed by atoms with Crippen LogP contribution in [0, 0.1) is 17.2 Å². The summed E-state index contributed by atoms with van der Waals surface area (Å²) in [5.74, 6) is 1.53. The Kier molecular flexibility index (Phi) is 3.45. The van der Waals surface area contributed by atoms with Crippen LogP contribution in [0.2, 0.25) is 0 Å². The Hall–Kier alpha value is -2.14. The lowest BCUT2D eigenvalue weighted by molar-refractivity contribution is 0.394. The molecule has 7 nitrogen and oxygen atoms in total. The lowest BCUT2D eigenvalue weighted by atomic mass is 10.2. The molecule has 1 N–H and O–H groups in total. The average Bonchev–Trinajstić information content (AvgIpc) is 3.48. The van der Waals surface area contributed by atoms with Crippen LogP contribution >= 0.6 is 15.9 Å². The standard InChI is InChI=1S/C15H15BrN6O/c1-23-14-10(16)6-18-15(20-14)19-11-7-22(12-4-9(12)5-17)21-13(11)8-2-3-8/h6-9,12H,2-4H2,1H3,(H,18,19,20)/t9-,12-/m1/s1. The molecule has 23 heavy (non-hydrogen) atoms. The van der Waals surface area contributed by atoms with Crippen LogP contribution in [-0.2, 0) is 0 Å². The predicted molar refractivity (Wildman–Crippen MR) is 86.5 cm³/mol. The summed E-state index contributed by atoms with van der Waals surface area (Å²) in [4.78, 5) is 8.59. The van der Waals surface area contributed by atoms with E-state index in [0.29, 0.717) is 22.2 Å². The number of methoxy groups -OCH3 is 1. The third-order valence-corrected chi connectivity index (χ3v) is 4.68. The second kappa shape index (κ2) is 5.49. The third kappa shape index (κ3) is 2.77. The summed E-state index contributed by atoms with van der Waals surface area (Å²) in [6, 6.07) is 2.51. The molecule has 0 aromatic carbocycles. The lowest BCUT2D eigenvalue weighted by Crippen LogP contribution is -2.00. The van der Waals surface area contributed by atoms with Crippen molar-refractivity contribution in [2.24, 2.45) is 5.92 Å². The molecule has 4 rings (SSSR count). The highest BCUT2D eigenvalue weighted by Crippen LogP contribution is 2.47. The minimum atomic E-state index is 0.0822. The van der Waals surface area contributed by atoms with Crippen molar-refractivity contribution < 1.29 is 4.74 Å². The summed E-state index contributed by atoms with van der Waals surface area (Å²) in [5.41, 5.74) is 1.96. The summed E-state index contributed by atoms with van der Waals surface area (Å²) in [6.07, 6.45) is 6.81. The zero-order valence-electron chi connectivity index (χ0n) is 12.5. The molecule has 2 saturated carbocycles. The van der Waals surface area contributed by atoms with Crippen molar-refractivity contribution >= 4 is 27.6 Å². The number of nitrogens with one attached hydrogen (secondary N) is 1. The molecule has 0 radical (unpaired) electrons. The van der Waals surface area contributed by atoms with Crippen LogP contribution in [0.3, 0.4) is 0 Å². The molecule has 2 fully saturated rings. The highest BCUT2D eigenvalue weighted by molar-refractivity contribution is 9.10. The Labute approximate surface area is 141 Å². The molecule has 2 aliphatic carbocycles. The van der Waals surface area contributed by atoms with E-state index in [1.807, 2.05) is 10.9 Å². The Bertz CT molecular complexity index is 794. The molecule has 0 unspecified atom stereocenters. The first-order valence-corrected chi connectivity index (χ1v) is 8.31. The van der Waals surface area contributed by atoms with Crippen LogP contribution in [-0.4, -0.2) is 26.9 Å². The van der Waals surface area contributed by atoms with Crippen molar-refractivity contribution in [3.63, 3.8) is 0 Å². The van der Waals surface area contributed by atoms with Crippen molar-refractivity contribution in [3.05, 3.63) is 22.6 Å². The van der Waals surface area contributed by atoms with Gasteiger partial charge in [0.15, 0.2) is 0 Å². The molecule has 2 aromatic rings. The summed E-state index contributed by atoms with van der Waals surface area (Å²) >= 11 is 3.34. The van der Waals surface area contributed by atoms with E-state index >= 15 is 0 Å². The van der Waals surface area contributed by atoms with Crippen molar-refractivity contribution in [1.82, 2.24) is 19.7 Å². The number of anilines is 2. The van der Waals surface area contributed by atoms with Crippen LogP contribution in [0.5, 0.6) is 5.88 Å². The smallest absolute Gasteiger partial charge is 0.232 e. The molecular formula is C15H15BrN6O. The maximum absolute atomic E-state index is 9.01. The van der Waals surface area contributed by atoms with Gasteiger partial charge >= 0.3 is 0 Å². The number of ether oxygens (including phenoxy) is 1. The van der Waals surface area contributed by atoms with Gasteiger partial charge in [0.2, 0.25) is 11.8 Å². The van der Waals surface area contributed by atoms with Gasteiger partial charge in [-0.15, -0.1) is 0 Å². The highest BCUT2D eigenvalue weighted by atomic mass is 79.9. The Morgan fingerprint density at radius 2 is 2.30 bits per heavy atom. The van der Waals surface area contributed by atoms with Gasteiger partial charge in [-0.3, -0.25) is 4.68 Å². The summed E-state index contributed by atoms with van der Waals surface area (Å²) in [6.45, 7) is 0. The summed E-state index contributed by atoms with van der Waals surface area (Å²) < 4.78 is 7.82. The molecule has 118 valence electrons. The van der Waals surface area contributed by atoms with E-state index in [2.05, 4.69) is 37.3 Å². The lowest BCUT2D eigenvalue weighted by Gasteiger charge is -2.06. The molecule has 8 heteroatoms. The average molecular weight is 375 g/mol. The second-order valence-electron chi connectivity index (χ2n) is 5.90. The van der Waals surface area contributed by atoms with Crippen molar-refractivity contribution in [2.75, 3.05) is 12.4 Å². The van der Waals surface area contributed by atoms with E-state index in [4.69, 9.17) is 15.1 Å². The molecule has 0 amide bonds. The number of hydrogen-bond donors (Lipinski definition) is 1. The van der Waals surface area contributed by atoms with Gasteiger partial charge in [-0.05, 0) is 35.2 Å². The van der Waals surface area contributed by atoms with E-state index < -0.39 is 0 Å². The zero-order valence-corrected chi connectivity index (χ0v) is 14.1. The molecular weight excluding hydrogens is 360 g/mol. The second-order valence-corrected chi connectivity index (χ2v) is 6.75. The SMILES string of the molecule is COc1nc(Nc2cn([C@@H]3C[C@@H]3C#N)nc2C2CC2)ncc1Br. The maximum Gasteiger partial charge on any atom is 0.232 e. The van der Waals surface area contributed by atoms with Crippen LogP contribution in [0.15, 0.2) is 16.9 Å². The number of hydrogen-bond acceptors (Lipinski definition) is 6. The fourth-order valence-electron chi connectivity index (χ4n) is 2.62. The van der Waals surface area contributed by atoms with E-state index in [1.165, 1.54) is 0 Å². The van der Waals surface area contributed by atoms with Crippen LogP contribution < -0.4 is 10.1 Å². The molecule has 2 aromatic heterocycles. The van der Waals surface area contributed by atoms with Gasteiger partial charge in [-0.1, -0.05) is 0 Å². The third-order valence-electron chi connectivity index (χ3n) is 4.14. The molecule has 2 heterocycles. The number of nitriles is 1. The number of halogens is 1. The van der Waals surface area contributed by atoms with Gasteiger partial charge in [0.1, 0.15) is 0 Å². The molecule has 0 spiro atoms. The fourth-order valence-corrected chi connectivity index (χ4v) is 2.97. The highest BCUT2D eigenvalue weighted by Gasteiger charge is 2.41. The quantitative estimate of drug-likeness (QED) is 0.864. The van der Waals surface area contributed by atoms with Crippen molar-refractivity contribution in [2.45, 2.75) is 31.2 Å². The minimum Gasteiger partial charge on any atom is -0.480 e. The van der Waals surface area contributed by atoms with Gasteiger partial charge in [-0.25, -0.2) is 4.98 Å². The summed E-state index contributed by atoms with van der Waals surface area (Å²) in [5, 5.41) is 16.9. The van der Waals surface area contributed by atoms with E-state index in [-0.39, 0.29) is 12.0 Å². The topological polar surface area (TPSA) is 88.6 Å². The number of aromatic nitrogens is 4. The first-order valence-electron chi connectivity index (χ1n) is 7.52. The van der Waals surface area contributed by atoms with E-state index in [1.54, 1.807) is 13.3 Å². The van der Waals surface area contributed by atoms with Crippen LogP contribution in [0.1, 0.15) is 36.9 Å². The van der Waals surface area contributed by atoms with Gasteiger partial charge in [0.25, 0.3) is 0 Å². The molecule has 2 atom stereocenters. The van der Waals surface area contributed by atoms with E-state index in [0.717, 1.165) is 30.6 Å². The largest absolute Gasteiger partial charge is 0.480 e. The molecule has 0 bridgehead atoms. The van der Waals surface area contributed by atoms with Crippen molar-refractivity contribution in [1.29, 1.82) is 5.26 Å². The van der Waals surface area contributed by atoms with Gasteiger partial charge in [0.05, 0.1) is 47.2 Å². The summed E-state index contributed by atoms with van der Waals surface area (Å²) in [7, 11) is 1.57. The Balaban J connectivity index is 1.62. The molecule has 0 saturated heterocycles. The maximum atomic E-state index is 9.01. The first-order chi connectivity index (χ1) is 11.2. The predicted octanol–water partition coefficient (Wildman–Crippen LogP) is 3.15. The molecule has 2 aliphatic rings. The van der Waals surface area contributed by atoms with Crippen molar-refractivity contribution in [3.8, 4) is 11.9 Å². The number of nitrogens with zero attached hydrogens (tertiary/aromatic N) is 5. The van der Waals surface area contributed by atoms with E-state index in [9.17, 15) is 0 Å². The van der Waals surface area contributed by atoms with Gasteiger partial charge in [-0.2, -0.15) is 15.3 Å². The van der Waals surface area contributed by atoms with Crippen LogP contribution in [0.4, 0.5) is 11.6 Å².